The monoisotopic (exact) mass is 1900 g/mol. The number of hydrogen-bond acceptors (Lipinski definition) is 8. The highest BCUT2D eigenvalue weighted by Crippen LogP contribution is 2.48. The van der Waals surface area contributed by atoms with Crippen molar-refractivity contribution in [2.75, 3.05) is 0 Å². The zero-order valence-corrected chi connectivity index (χ0v) is 81.0. The van der Waals surface area contributed by atoms with Crippen LogP contribution < -0.4 is 0 Å². The largest absolute Gasteiger partial charge is 0.455 e. The lowest BCUT2D eigenvalue weighted by Crippen LogP contribution is -2.01. The minimum atomic E-state index is 0.571. The number of para-hydroxylation sites is 4. The first-order valence-electron chi connectivity index (χ1n) is 50.0. The summed E-state index contributed by atoms with van der Waals surface area (Å²) in [7, 11) is 0. The number of fused-ring (bicyclic) bond motifs is 12. The number of thiophene rings is 1. The SMILES string of the molecule is c1ccc(-c2cc(-c3ccccc3)cc(-c3nc(-c4cccc(-c5ccc6sc7ccccc7c6c5)c4)nc(-c4cccc(-c5cccc6c5c5cc(-c7ccccc7)ccc5n6-c5ccccc5)c4)n3)c2)cc1.c1ccc(-c2cc(-c3ccccc3)cc(-c3nc(-c4cccc(-c5cccc6c5oc5ccccc56)c4)nc(-c4cccc(-c5cccc6c5c5cc(-c7ccccc7)ccc5n6-c5ccccc5)c4)n3)c2)cc1. The zero-order chi connectivity index (χ0) is 97.9. The summed E-state index contributed by atoms with van der Waals surface area (Å²) in [5.74, 6) is 3.53. The fourth-order valence-electron chi connectivity index (χ4n) is 21.4. The van der Waals surface area contributed by atoms with Crippen LogP contribution in [-0.2, 0) is 0 Å². The Morgan fingerprint density at radius 2 is 0.426 bits per heavy atom. The third kappa shape index (κ3) is 16.5. The number of hydrogen-bond donors (Lipinski definition) is 0. The van der Waals surface area contributed by atoms with Gasteiger partial charge in [0.2, 0.25) is 0 Å². The quantitative estimate of drug-likeness (QED) is 0.0843. The molecule has 28 rings (SSSR count). The highest BCUT2D eigenvalue weighted by molar-refractivity contribution is 7.25. The van der Waals surface area contributed by atoms with Gasteiger partial charge in [-0.2, -0.15) is 0 Å². The molecule has 6 aromatic heterocycles. The smallest absolute Gasteiger partial charge is 0.164 e. The van der Waals surface area contributed by atoms with Gasteiger partial charge in [-0.1, -0.05) is 388 Å². The summed E-state index contributed by atoms with van der Waals surface area (Å²) < 4.78 is 13.9. The molecule has 0 fully saturated rings. The minimum Gasteiger partial charge on any atom is -0.455 e. The molecule has 0 saturated heterocycles. The molecule has 28 aromatic rings. The van der Waals surface area contributed by atoms with E-state index in [-0.39, 0.29) is 0 Å². The first-order valence-corrected chi connectivity index (χ1v) is 50.8. The topological polar surface area (TPSA) is 100 Å². The number of rotatable bonds is 18. The maximum atomic E-state index is 6.54. The summed E-state index contributed by atoms with van der Waals surface area (Å²) in [5, 5.41) is 9.46. The molecule has 6 heterocycles. The average molecular weight is 1910 g/mol. The van der Waals surface area contributed by atoms with Crippen LogP contribution in [0.3, 0.4) is 0 Å². The fourth-order valence-corrected chi connectivity index (χ4v) is 22.5. The second-order valence-electron chi connectivity index (χ2n) is 37.5. The molecule has 0 aliphatic heterocycles. The van der Waals surface area contributed by atoms with Crippen molar-refractivity contribution >= 4 is 97.1 Å². The maximum Gasteiger partial charge on any atom is 0.164 e. The normalized spacial score (nSPS) is 11.5. The zero-order valence-electron chi connectivity index (χ0n) is 80.2. The average Bonchev–Trinajstić information content (AvgIpc) is 1.58. The van der Waals surface area contributed by atoms with Crippen LogP contribution in [0.4, 0.5) is 0 Å². The van der Waals surface area contributed by atoms with Gasteiger partial charge in [-0.15, -0.1) is 11.3 Å². The minimum absolute atomic E-state index is 0.571. The van der Waals surface area contributed by atoms with Gasteiger partial charge < -0.3 is 13.6 Å². The summed E-state index contributed by atoms with van der Waals surface area (Å²) in [5.41, 5.74) is 36.0. The predicted molar refractivity (Wildman–Crippen MR) is 615 cm³/mol. The second kappa shape index (κ2) is 37.7. The maximum absolute atomic E-state index is 6.54. The third-order valence-corrected chi connectivity index (χ3v) is 29.6. The van der Waals surface area contributed by atoms with E-state index in [9.17, 15) is 0 Å². The molecule has 0 amide bonds. The van der Waals surface area contributed by atoms with Crippen molar-refractivity contribution in [2.24, 2.45) is 0 Å². The van der Waals surface area contributed by atoms with Crippen LogP contribution in [0.15, 0.2) is 538 Å². The van der Waals surface area contributed by atoms with Crippen LogP contribution in [0.2, 0.25) is 0 Å². The van der Waals surface area contributed by atoms with Crippen LogP contribution in [0, 0.1) is 0 Å². The molecule has 0 N–H and O–H groups in total. The Hall–Kier alpha value is -19.5. The first kappa shape index (κ1) is 87.5. The van der Waals surface area contributed by atoms with E-state index >= 15 is 0 Å². The molecule has 0 unspecified atom stereocenters. The van der Waals surface area contributed by atoms with Gasteiger partial charge in [-0.3, -0.25) is 0 Å². The molecular formula is C138H88N8OS. The molecule has 692 valence electrons. The molecule has 0 atom stereocenters. The lowest BCUT2D eigenvalue weighted by atomic mass is 9.95. The predicted octanol–water partition coefficient (Wildman–Crippen LogP) is 36.9. The molecule has 0 aliphatic rings. The Morgan fingerprint density at radius 3 is 0.851 bits per heavy atom. The Balaban J connectivity index is 0.000000146. The number of furan rings is 1. The third-order valence-electron chi connectivity index (χ3n) is 28.4. The van der Waals surface area contributed by atoms with Crippen molar-refractivity contribution in [3.05, 3.63) is 534 Å². The molecule has 0 aliphatic carbocycles. The van der Waals surface area contributed by atoms with Crippen molar-refractivity contribution in [1.82, 2.24) is 39.0 Å². The summed E-state index contributed by atoms with van der Waals surface area (Å²) in [6.07, 6.45) is 0. The number of nitrogens with zero attached hydrogens (tertiary/aromatic N) is 8. The van der Waals surface area contributed by atoms with Crippen LogP contribution in [-0.4, -0.2) is 39.0 Å². The number of benzene rings is 22. The molecular weight excluding hydrogens is 1820 g/mol. The number of aromatic nitrogens is 8. The van der Waals surface area contributed by atoms with E-state index < -0.39 is 0 Å². The van der Waals surface area contributed by atoms with Gasteiger partial charge in [0.1, 0.15) is 11.2 Å². The highest BCUT2D eigenvalue weighted by Gasteiger charge is 2.26. The lowest BCUT2D eigenvalue weighted by molar-refractivity contribution is 0.670. The van der Waals surface area contributed by atoms with E-state index in [4.69, 9.17) is 34.3 Å². The lowest BCUT2D eigenvalue weighted by Gasteiger charge is -2.13. The summed E-state index contributed by atoms with van der Waals surface area (Å²) in [6, 6.07) is 190. The Bertz CT molecular complexity index is 9840. The summed E-state index contributed by atoms with van der Waals surface area (Å²) in [4.78, 5) is 32.4. The second-order valence-corrected chi connectivity index (χ2v) is 38.6. The van der Waals surface area contributed by atoms with Gasteiger partial charge in [0.25, 0.3) is 0 Å². The Kier molecular flexibility index (Phi) is 22.3. The van der Waals surface area contributed by atoms with Gasteiger partial charge in [0.15, 0.2) is 34.9 Å². The van der Waals surface area contributed by atoms with E-state index in [0.717, 1.165) is 178 Å². The van der Waals surface area contributed by atoms with Crippen molar-refractivity contribution < 1.29 is 4.42 Å². The van der Waals surface area contributed by atoms with E-state index in [1.165, 1.54) is 64.0 Å². The van der Waals surface area contributed by atoms with Crippen LogP contribution in [0.5, 0.6) is 0 Å². The van der Waals surface area contributed by atoms with Gasteiger partial charge in [-0.05, 0) is 251 Å². The van der Waals surface area contributed by atoms with Crippen molar-refractivity contribution in [2.45, 2.75) is 0 Å². The van der Waals surface area contributed by atoms with Crippen molar-refractivity contribution in [3.63, 3.8) is 0 Å². The van der Waals surface area contributed by atoms with E-state index in [2.05, 4.69) is 531 Å². The molecule has 10 heteroatoms. The molecule has 0 saturated carbocycles. The van der Waals surface area contributed by atoms with Gasteiger partial charge in [0, 0.05) is 103 Å². The summed E-state index contributed by atoms with van der Waals surface area (Å²) in [6.45, 7) is 0. The summed E-state index contributed by atoms with van der Waals surface area (Å²) >= 11 is 1.84. The van der Waals surface area contributed by atoms with E-state index in [0.29, 0.717) is 34.9 Å². The van der Waals surface area contributed by atoms with E-state index in [1.807, 2.05) is 23.5 Å². The van der Waals surface area contributed by atoms with Crippen LogP contribution in [0.1, 0.15) is 0 Å². The van der Waals surface area contributed by atoms with Crippen LogP contribution >= 0.6 is 11.3 Å². The van der Waals surface area contributed by atoms with Gasteiger partial charge >= 0.3 is 0 Å². The van der Waals surface area contributed by atoms with Gasteiger partial charge in [0.05, 0.1) is 22.1 Å². The Labute approximate surface area is 859 Å². The molecule has 148 heavy (non-hydrogen) atoms. The first-order chi connectivity index (χ1) is 73.3. The van der Waals surface area contributed by atoms with Crippen molar-refractivity contribution in [1.29, 1.82) is 0 Å². The highest BCUT2D eigenvalue weighted by atomic mass is 32.1. The molecule has 0 bridgehead atoms. The van der Waals surface area contributed by atoms with E-state index in [1.54, 1.807) is 0 Å². The van der Waals surface area contributed by atoms with Gasteiger partial charge in [-0.25, -0.2) is 29.9 Å². The standard InChI is InChI=1S/C69H44N4O.C69H44N4S/c1-5-19-45(20-6-1)48-37-38-62-61(44-48)65-57(32-18-35-63(65)73(62)56-29-11-4-12-30-56)49-25-15-27-51(39-49)67-70-68(52-28-16-26-50(40-52)58-33-17-34-60-59-31-13-14-36-64(59)74-66(58)60)72-69(71-67)55-42-53(46-21-7-2-8-22-46)41-54(43-55)47-23-9-3-10-24-47;1-5-18-45(19-6-1)49-34-36-62-61(44-49)66-58(31-17-32-63(66)73(62)57-28-11-4-12-29-57)51-25-16-27-53(39-51)68-70-67(52-26-15-24-48(38-52)50-35-37-65-60(43-50)59-30-13-14-33-64(59)74-65)71-69(72-68)56-41-54(46-20-7-2-8-21-46)40-55(42-56)47-22-9-3-10-23-47/h2*1-44H. The Morgan fingerprint density at radius 1 is 0.155 bits per heavy atom. The molecule has 9 nitrogen and oxygen atoms in total. The fraction of sp³-hybridized carbons (Fsp3) is 0. The molecule has 0 spiro atoms. The van der Waals surface area contributed by atoms with Crippen molar-refractivity contribution in [3.8, 4) is 191 Å². The molecule has 22 aromatic carbocycles. The van der Waals surface area contributed by atoms with Crippen LogP contribution in [0.25, 0.3) is 277 Å². The molecule has 0 radical (unpaired) electrons.